The molecule has 140 valence electrons. The molecule has 10 heteroatoms. The van der Waals surface area contributed by atoms with E-state index in [0.717, 1.165) is 50.0 Å². The summed E-state index contributed by atoms with van der Waals surface area (Å²) in [5, 5.41) is 4.08. The number of aromatic nitrogens is 2. The van der Waals surface area contributed by atoms with Crippen molar-refractivity contribution >= 4 is 47.4 Å². The van der Waals surface area contributed by atoms with Gasteiger partial charge in [0.15, 0.2) is 0 Å². The molecule has 2 rings (SSSR count). The van der Waals surface area contributed by atoms with Crippen LogP contribution in [0.1, 0.15) is 19.2 Å². The lowest BCUT2D eigenvalue weighted by atomic mass is 10.3. The lowest BCUT2D eigenvalue weighted by molar-refractivity contribution is -0.130. The molecule has 7 nitrogen and oxygen atoms in total. The second-order valence-electron chi connectivity index (χ2n) is 5.24. The largest absolute Gasteiger partial charge is 0.383 e. The number of ether oxygens (including phenoxy) is 1. The van der Waals surface area contributed by atoms with E-state index >= 15 is 0 Å². The third-order valence-electron chi connectivity index (χ3n) is 3.65. The van der Waals surface area contributed by atoms with Gasteiger partial charge in [-0.25, -0.2) is 4.98 Å². The van der Waals surface area contributed by atoms with Gasteiger partial charge in [0.05, 0.1) is 13.2 Å². The van der Waals surface area contributed by atoms with Gasteiger partial charge in [0.25, 0.3) is 0 Å². The van der Waals surface area contributed by atoms with Crippen molar-refractivity contribution in [1.82, 2.24) is 19.6 Å². The van der Waals surface area contributed by atoms with Crippen molar-refractivity contribution in [2.75, 3.05) is 57.9 Å². The van der Waals surface area contributed by atoms with E-state index in [1.165, 1.54) is 11.5 Å². The number of halogens is 2. The van der Waals surface area contributed by atoms with Crippen LogP contribution in [0.25, 0.3) is 0 Å². The average Bonchev–Trinajstić information content (AvgIpc) is 2.88. The summed E-state index contributed by atoms with van der Waals surface area (Å²) in [6, 6.07) is 0. The normalized spacial score (nSPS) is 14.6. The van der Waals surface area contributed by atoms with Gasteiger partial charge in [0.2, 0.25) is 11.0 Å². The maximum Gasteiger partial charge on any atom is 0.236 e. The molecule has 1 fully saturated rings. The third-order valence-corrected chi connectivity index (χ3v) is 4.47. The van der Waals surface area contributed by atoms with Gasteiger partial charge in [0, 0.05) is 57.8 Å². The number of nitrogens with zero attached hydrogens (tertiary/aromatic N) is 4. The first-order chi connectivity index (χ1) is 10.7. The number of methoxy groups -OCH3 is 1. The SMILES string of the molecule is CCc1nsc(N2CCCN(C(=O)CNCCOC)CC2)n1.Cl.Cl. The van der Waals surface area contributed by atoms with Gasteiger partial charge in [-0.1, -0.05) is 6.92 Å². The molecule has 1 aromatic heterocycles. The van der Waals surface area contributed by atoms with Crippen LogP contribution in [-0.2, 0) is 16.0 Å². The molecule has 0 bridgehead atoms. The lowest BCUT2D eigenvalue weighted by Gasteiger charge is -2.21. The highest BCUT2D eigenvalue weighted by Gasteiger charge is 2.20. The standard InChI is InChI=1S/C14H25N5O2S.2ClH/c1-3-12-16-14(22-17-12)19-7-4-6-18(8-9-19)13(20)11-15-5-10-21-2;;/h15H,3-11H2,1-2H3;2*1H. The maximum atomic E-state index is 12.2. The molecule has 0 atom stereocenters. The molecule has 1 saturated heterocycles. The number of amides is 1. The second kappa shape index (κ2) is 12.7. The Morgan fingerprint density at radius 1 is 1.29 bits per heavy atom. The Kier molecular flexibility index (Phi) is 12.3. The molecule has 24 heavy (non-hydrogen) atoms. The van der Waals surface area contributed by atoms with Gasteiger partial charge in [-0.2, -0.15) is 4.37 Å². The second-order valence-corrected chi connectivity index (χ2v) is 5.97. The summed E-state index contributed by atoms with van der Waals surface area (Å²) in [5.74, 6) is 1.06. The van der Waals surface area contributed by atoms with Crippen LogP contribution >= 0.6 is 36.3 Å². The smallest absolute Gasteiger partial charge is 0.236 e. The summed E-state index contributed by atoms with van der Waals surface area (Å²) < 4.78 is 9.30. The summed E-state index contributed by atoms with van der Waals surface area (Å²) in [7, 11) is 1.66. The van der Waals surface area contributed by atoms with E-state index in [0.29, 0.717) is 19.7 Å². The number of hydrogen-bond donors (Lipinski definition) is 1. The average molecular weight is 400 g/mol. The van der Waals surface area contributed by atoms with E-state index in [1.54, 1.807) is 7.11 Å². The number of hydrogen-bond acceptors (Lipinski definition) is 7. The quantitative estimate of drug-likeness (QED) is 0.694. The van der Waals surface area contributed by atoms with Crippen LogP contribution in [0.3, 0.4) is 0 Å². The van der Waals surface area contributed by atoms with Gasteiger partial charge < -0.3 is 19.9 Å². The van der Waals surface area contributed by atoms with Crippen molar-refractivity contribution in [2.24, 2.45) is 0 Å². The predicted octanol–water partition coefficient (Wildman–Crippen LogP) is 1.22. The zero-order valence-corrected chi connectivity index (χ0v) is 16.6. The topological polar surface area (TPSA) is 70.6 Å². The van der Waals surface area contributed by atoms with Crippen molar-refractivity contribution < 1.29 is 9.53 Å². The van der Waals surface area contributed by atoms with Crippen molar-refractivity contribution in [1.29, 1.82) is 0 Å². The Hall–Kier alpha value is -0.670. The summed E-state index contributed by atoms with van der Waals surface area (Å²) >= 11 is 1.45. The summed E-state index contributed by atoms with van der Waals surface area (Å²) in [5.41, 5.74) is 0. The van der Waals surface area contributed by atoms with E-state index in [9.17, 15) is 4.79 Å². The summed E-state index contributed by atoms with van der Waals surface area (Å²) in [4.78, 5) is 20.9. The molecule has 0 unspecified atom stereocenters. The highest BCUT2D eigenvalue weighted by Crippen LogP contribution is 2.19. The van der Waals surface area contributed by atoms with Gasteiger partial charge in [-0.3, -0.25) is 4.79 Å². The third kappa shape index (κ3) is 7.06. The van der Waals surface area contributed by atoms with E-state index in [2.05, 4.69) is 26.5 Å². The number of carbonyl (C=O) groups is 1. The molecule has 1 aliphatic heterocycles. The Balaban J connectivity index is 0.00000264. The fraction of sp³-hybridized carbons (Fsp3) is 0.786. The van der Waals surface area contributed by atoms with Crippen LogP contribution in [0.5, 0.6) is 0 Å². The Labute approximate surface area is 160 Å². The first-order valence-corrected chi connectivity index (χ1v) is 8.57. The first kappa shape index (κ1) is 23.3. The van der Waals surface area contributed by atoms with Crippen LogP contribution in [0, 0.1) is 0 Å². The van der Waals surface area contributed by atoms with E-state index in [4.69, 9.17) is 4.74 Å². The maximum absolute atomic E-state index is 12.2. The number of anilines is 1. The zero-order valence-electron chi connectivity index (χ0n) is 14.2. The van der Waals surface area contributed by atoms with Crippen molar-refractivity contribution in [3.8, 4) is 0 Å². The minimum atomic E-state index is 0. The first-order valence-electron chi connectivity index (χ1n) is 7.79. The van der Waals surface area contributed by atoms with Crippen LogP contribution in [0.4, 0.5) is 5.13 Å². The Morgan fingerprint density at radius 2 is 2.08 bits per heavy atom. The minimum Gasteiger partial charge on any atom is -0.383 e. The highest BCUT2D eigenvalue weighted by atomic mass is 35.5. The van der Waals surface area contributed by atoms with Gasteiger partial charge in [0.1, 0.15) is 5.82 Å². The number of rotatable bonds is 7. The molecule has 2 heterocycles. The van der Waals surface area contributed by atoms with E-state index in [1.807, 2.05) is 4.90 Å². The van der Waals surface area contributed by atoms with Gasteiger partial charge in [-0.15, -0.1) is 24.8 Å². The summed E-state index contributed by atoms with van der Waals surface area (Å²) in [6.07, 6.45) is 1.83. The Morgan fingerprint density at radius 3 is 2.75 bits per heavy atom. The van der Waals surface area contributed by atoms with Crippen molar-refractivity contribution in [2.45, 2.75) is 19.8 Å². The molecular weight excluding hydrogens is 373 g/mol. The molecule has 1 N–H and O–H groups in total. The molecule has 0 aromatic carbocycles. The zero-order chi connectivity index (χ0) is 15.8. The molecule has 0 radical (unpaired) electrons. The minimum absolute atomic E-state index is 0. The number of carbonyl (C=O) groups excluding carboxylic acids is 1. The molecule has 0 spiro atoms. The predicted molar refractivity (Wildman–Crippen MR) is 102 cm³/mol. The van der Waals surface area contributed by atoms with Gasteiger partial charge >= 0.3 is 0 Å². The van der Waals surface area contributed by atoms with Crippen LogP contribution < -0.4 is 10.2 Å². The van der Waals surface area contributed by atoms with E-state index in [-0.39, 0.29) is 30.7 Å². The van der Waals surface area contributed by atoms with Gasteiger partial charge in [-0.05, 0) is 6.42 Å². The number of nitrogens with one attached hydrogen (secondary N) is 1. The van der Waals surface area contributed by atoms with Crippen LogP contribution in [0.15, 0.2) is 0 Å². The molecule has 0 aliphatic carbocycles. The summed E-state index contributed by atoms with van der Waals surface area (Å²) in [6.45, 7) is 7.06. The monoisotopic (exact) mass is 399 g/mol. The number of aryl methyl sites for hydroxylation is 1. The highest BCUT2D eigenvalue weighted by molar-refractivity contribution is 7.09. The Bertz CT molecular complexity index is 478. The van der Waals surface area contributed by atoms with Crippen molar-refractivity contribution in [3.63, 3.8) is 0 Å². The molecule has 1 amide bonds. The van der Waals surface area contributed by atoms with E-state index < -0.39 is 0 Å². The fourth-order valence-corrected chi connectivity index (χ4v) is 3.16. The molecular formula is C14H27Cl2N5O2S. The fourth-order valence-electron chi connectivity index (χ4n) is 2.36. The van der Waals surface area contributed by atoms with Crippen LogP contribution in [0.2, 0.25) is 0 Å². The van der Waals surface area contributed by atoms with Crippen molar-refractivity contribution in [3.05, 3.63) is 5.82 Å². The molecule has 1 aliphatic rings. The van der Waals surface area contributed by atoms with Crippen LogP contribution in [-0.4, -0.2) is 73.1 Å². The molecule has 1 aromatic rings. The molecule has 0 saturated carbocycles. The lowest BCUT2D eigenvalue weighted by Crippen LogP contribution is -2.41.